The lowest BCUT2D eigenvalue weighted by molar-refractivity contribution is 0.281. The van der Waals surface area contributed by atoms with Crippen molar-refractivity contribution in [1.82, 2.24) is 29.9 Å². The van der Waals surface area contributed by atoms with E-state index in [1.165, 1.54) is 0 Å². The Kier molecular flexibility index (Phi) is 13.8. The summed E-state index contributed by atoms with van der Waals surface area (Å²) in [6.07, 6.45) is 9.80. The van der Waals surface area contributed by atoms with Crippen LogP contribution in [0.4, 0.5) is 0 Å². The molecule has 12 nitrogen and oxygen atoms in total. The van der Waals surface area contributed by atoms with Crippen LogP contribution >= 0.6 is 0 Å². The van der Waals surface area contributed by atoms with Crippen LogP contribution in [-0.2, 0) is 39.6 Å². The number of rotatable bonds is 9. The molecule has 48 heavy (non-hydrogen) atoms. The predicted molar refractivity (Wildman–Crippen MR) is 178 cm³/mol. The highest BCUT2D eigenvalue weighted by molar-refractivity contribution is 5.57. The maximum atomic E-state index is 9.02. The fraction of sp³-hybridized carbons (Fsp3) is 0.167. The van der Waals surface area contributed by atoms with E-state index >= 15 is 0 Å². The number of hydrogen-bond donors (Lipinski definition) is 6. The van der Waals surface area contributed by atoms with Gasteiger partial charge in [0.25, 0.3) is 0 Å². The monoisotopic (exact) mass is 648 g/mol. The summed E-state index contributed by atoms with van der Waals surface area (Å²) in [6, 6.07) is 21.2. The maximum absolute atomic E-state index is 9.02. The molecule has 6 N–H and O–H groups in total. The molecule has 0 bridgehead atoms. The Morgan fingerprint density at radius 2 is 0.417 bits per heavy atom. The number of pyridine rings is 6. The molecule has 0 unspecified atom stereocenters. The second-order valence-electron chi connectivity index (χ2n) is 10.2. The highest BCUT2D eigenvalue weighted by Gasteiger charge is 2.05. The van der Waals surface area contributed by atoms with E-state index in [9.17, 15) is 0 Å². The second kappa shape index (κ2) is 18.7. The van der Waals surface area contributed by atoms with Gasteiger partial charge in [0.05, 0.1) is 73.8 Å². The van der Waals surface area contributed by atoms with Crippen molar-refractivity contribution in [1.29, 1.82) is 0 Å². The van der Waals surface area contributed by atoms with Crippen molar-refractivity contribution in [2.75, 3.05) is 0 Å². The summed E-state index contributed by atoms with van der Waals surface area (Å²) in [6.45, 7) is -0.112. The van der Waals surface area contributed by atoms with Gasteiger partial charge < -0.3 is 30.6 Å². The topological polar surface area (TPSA) is 199 Å². The SMILES string of the molecule is OCc1ccnc(-c2cc(CO)ccn2)c1.OCc1ccnc(-c2cc(CO)ccn2)c1.OCc1ccnc(-c2cc(CO)ccn2)c1. The molecule has 0 aliphatic rings. The van der Waals surface area contributed by atoms with E-state index in [0.29, 0.717) is 34.2 Å². The first-order chi connectivity index (χ1) is 23.5. The molecule has 6 rings (SSSR count). The molecule has 0 aromatic carbocycles. The first-order valence-corrected chi connectivity index (χ1v) is 14.9. The Morgan fingerprint density at radius 3 is 0.542 bits per heavy atom. The molecule has 0 fully saturated rings. The third-order valence-electron chi connectivity index (χ3n) is 6.83. The molecule has 0 spiro atoms. The van der Waals surface area contributed by atoms with Crippen LogP contribution < -0.4 is 0 Å². The van der Waals surface area contributed by atoms with Crippen LogP contribution in [0.25, 0.3) is 34.2 Å². The van der Waals surface area contributed by atoms with Crippen LogP contribution in [0.3, 0.4) is 0 Å². The van der Waals surface area contributed by atoms with Crippen LogP contribution in [-0.4, -0.2) is 60.5 Å². The van der Waals surface area contributed by atoms with Crippen LogP contribution in [0.5, 0.6) is 0 Å². The lowest BCUT2D eigenvalue weighted by atomic mass is 10.1. The summed E-state index contributed by atoms with van der Waals surface area (Å²) in [5, 5.41) is 54.1. The van der Waals surface area contributed by atoms with E-state index in [-0.39, 0.29) is 39.6 Å². The number of hydrogen-bond acceptors (Lipinski definition) is 12. The summed E-state index contributed by atoms with van der Waals surface area (Å²) in [5.74, 6) is 0. The van der Waals surface area contributed by atoms with Gasteiger partial charge in [-0.05, 0) is 106 Å². The molecule has 6 aromatic rings. The van der Waals surface area contributed by atoms with Crippen molar-refractivity contribution >= 4 is 0 Å². The standard InChI is InChI=1S/3C12H12N2O2/c3*15-7-9-1-3-13-11(5-9)12-6-10(8-16)2-4-14-12/h3*1-6,15-16H,7-8H2. The van der Waals surface area contributed by atoms with Gasteiger partial charge >= 0.3 is 0 Å². The van der Waals surface area contributed by atoms with Gasteiger partial charge in [0, 0.05) is 37.2 Å². The molecule has 12 heteroatoms. The molecule has 0 atom stereocenters. The van der Waals surface area contributed by atoms with Gasteiger partial charge in [0.15, 0.2) is 0 Å². The summed E-state index contributed by atoms with van der Waals surface area (Å²) in [5.41, 5.74) is 8.93. The quantitative estimate of drug-likeness (QED) is 0.134. The molecule has 246 valence electrons. The van der Waals surface area contributed by atoms with Gasteiger partial charge in [0.1, 0.15) is 0 Å². The molecule has 0 saturated carbocycles. The average Bonchev–Trinajstić information content (AvgIpc) is 3.18. The first-order valence-electron chi connectivity index (χ1n) is 14.9. The van der Waals surface area contributed by atoms with Gasteiger partial charge in [-0.15, -0.1) is 0 Å². The minimum Gasteiger partial charge on any atom is -0.392 e. The largest absolute Gasteiger partial charge is 0.392 e. The Morgan fingerprint density at radius 1 is 0.271 bits per heavy atom. The minimum absolute atomic E-state index is 0.0186. The molecule has 6 heterocycles. The zero-order valence-electron chi connectivity index (χ0n) is 26.0. The van der Waals surface area contributed by atoms with Gasteiger partial charge in [0.2, 0.25) is 0 Å². The Labute approximate surface area is 277 Å². The minimum atomic E-state index is -0.0186. The van der Waals surface area contributed by atoms with Gasteiger partial charge in [-0.25, -0.2) is 0 Å². The Bertz CT molecular complexity index is 1540. The molecule has 0 amide bonds. The smallest absolute Gasteiger partial charge is 0.0889 e. The van der Waals surface area contributed by atoms with Crippen molar-refractivity contribution in [2.45, 2.75) is 39.6 Å². The highest BCUT2D eigenvalue weighted by Crippen LogP contribution is 2.19. The molecule has 0 aliphatic heterocycles. The van der Waals surface area contributed by atoms with Crippen molar-refractivity contribution in [2.24, 2.45) is 0 Å². The third-order valence-corrected chi connectivity index (χ3v) is 6.83. The van der Waals surface area contributed by atoms with E-state index < -0.39 is 0 Å². The number of aliphatic hydroxyl groups is 6. The highest BCUT2D eigenvalue weighted by atomic mass is 16.3. The van der Waals surface area contributed by atoms with E-state index in [4.69, 9.17) is 30.6 Å². The molecule has 0 saturated heterocycles. The molecule has 6 aromatic heterocycles. The predicted octanol–water partition coefficient (Wildman–Crippen LogP) is 3.38. The van der Waals surface area contributed by atoms with E-state index in [1.54, 1.807) is 110 Å². The number of aromatic nitrogens is 6. The lowest BCUT2D eigenvalue weighted by Gasteiger charge is -2.03. The van der Waals surface area contributed by atoms with Gasteiger partial charge in [-0.3, -0.25) is 29.9 Å². The molecule has 0 radical (unpaired) electrons. The molecular weight excluding hydrogens is 612 g/mol. The first kappa shape index (κ1) is 35.5. The van der Waals surface area contributed by atoms with Crippen LogP contribution in [0, 0.1) is 0 Å². The van der Waals surface area contributed by atoms with Crippen LogP contribution in [0.15, 0.2) is 110 Å². The normalized spacial score (nSPS) is 10.4. The zero-order chi connectivity index (χ0) is 34.1. The molecule has 0 aliphatic carbocycles. The Hall–Kier alpha value is -5.34. The fourth-order valence-electron chi connectivity index (χ4n) is 4.28. The number of aliphatic hydroxyl groups excluding tert-OH is 6. The van der Waals surface area contributed by atoms with E-state index in [2.05, 4.69) is 29.9 Å². The van der Waals surface area contributed by atoms with Crippen molar-refractivity contribution < 1.29 is 30.6 Å². The van der Waals surface area contributed by atoms with Crippen molar-refractivity contribution in [3.05, 3.63) is 143 Å². The second-order valence-corrected chi connectivity index (χ2v) is 10.2. The summed E-state index contributed by atoms with van der Waals surface area (Å²) < 4.78 is 0. The zero-order valence-corrected chi connectivity index (χ0v) is 26.0. The van der Waals surface area contributed by atoms with Crippen molar-refractivity contribution in [3.8, 4) is 34.2 Å². The fourth-order valence-corrected chi connectivity index (χ4v) is 4.28. The summed E-state index contributed by atoms with van der Waals surface area (Å²) in [4.78, 5) is 25.1. The van der Waals surface area contributed by atoms with Gasteiger partial charge in [-0.2, -0.15) is 0 Å². The lowest BCUT2D eigenvalue weighted by Crippen LogP contribution is -1.92. The van der Waals surface area contributed by atoms with Gasteiger partial charge in [-0.1, -0.05) is 0 Å². The van der Waals surface area contributed by atoms with Crippen LogP contribution in [0.1, 0.15) is 33.4 Å². The van der Waals surface area contributed by atoms with Crippen LogP contribution in [0.2, 0.25) is 0 Å². The van der Waals surface area contributed by atoms with Crippen molar-refractivity contribution in [3.63, 3.8) is 0 Å². The maximum Gasteiger partial charge on any atom is 0.0889 e. The third kappa shape index (κ3) is 10.3. The van der Waals surface area contributed by atoms with E-state index in [0.717, 1.165) is 33.4 Å². The summed E-state index contributed by atoms with van der Waals surface area (Å²) >= 11 is 0. The average molecular weight is 649 g/mol. The van der Waals surface area contributed by atoms with E-state index in [1.807, 2.05) is 0 Å². The molecular formula is C36H36N6O6. The summed E-state index contributed by atoms with van der Waals surface area (Å²) in [7, 11) is 0. The Balaban J connectivity index is 0.000000163. The number of nitrogens with zero attached hydrogens (tertiary/aromatic N) is 6.